The minimum Gasteiger partial charge on any atom is -0.322 e. The molecule has 0 spiro atoms. The molecule has 3 N–H and O–H groups in total. The lowest BCUT2D eigenvalue weighted by molar-refractivity contribution is -0.862. The number of hydrogen-bond donors (Lipinski definition) is 3. The van der Waals surface area contributed by atoms with E-state index in [0.29, 0.717) is 15.7 Å². The summed E-state index contributed by atoms with van der Waals surface area (Å²) < 4.78 is 0. The van der Waals surface area contributed by atoms with E-state index in [9.17, 15) is 9.59 Å². The first-order valence-electron chi connectivity index (χ1n) is 8.19. The van der Waals surface area contributed by atoms with Crippen LogP contribution in [0.5, 0.6) is 0 Å². The third-order valence-corrected chi connectivity index (χ3v) is 4.53. The van der Waals surface area contributed by atoms with Crippen molar-refractivity contribution < 1.29 is 14.5 Å². The van der Waals surface area contributed by atoms with Gasteiger partial charge in [-0.2, -0.15) is 0 Å². The molecule has 0 aliphatic rings. The Hall–Kier alpha value is -2.08. The number of quaternary nitrogens is 1. The fraction of sp³-hybridized carbons (Fsp3) is 0.263. The zero-order valence-corrected chi connectivity index (χ0v) is 16.5. The van der Waals surface area contributed by atoms with Gasteiger partial charge in [-0.1, -0.05) is 47.5 Å². The molecule has 2 rings (SSSR count). The number of amides is 2. The van der Waals surface area contributed by atoms with Gasteiger partial charge >= 0.3 is 0 Å². The second kappa shape index (κ2) is 9.03. The highest BCUT2D eigenvalue weighted by molar-refractivity contribution is 6.39. The van der Waals surface area contributed by atoms with Crippen molar-refractivity contribution in [1.29, 1.82) is 0 Å². The van der Waals surface area contributed by atoms with Gasteiger partial charge in [0.15, 0.2) is 13.1 Å². The molecule has 0 saturated heterocycles. The molecular weight excluding hydrogens is 373 g/mol. The van der Waals surface area contributed by atoms with Crippen LogP contribution in [0.25, 0.3) is 0 Å². The number of para-hydroxylation sites is 2. The lowest BCUT2D eigenvalue weighted by Crippen LogP contribution is -3.11. The Morgan fingerprint density at radius 2 is 1.27 bits per heavy atom. The van der Waals surface area contributed by atoms with Crippen LogP contribution in [0.15, 0.2) is 36.4 Å². The van der Waals surface area contributed by atoms with E-state index in [1.807, 2.05) is 32.0 Å². The van der Waals surface area contributed by atoms with Crippen LogP contribution in [0.4, 0.5) is 11.4 Å². The van der Waals surface area contributed by atoms with Crippen molar-refractivity contribution in [3.8, 4) is 0 Å². The molecule has 0 aliphatic heterocycles. The molecule has 7 heteroatoms. The van der Waals surface area contributed by atoms with E-state index >= 15 is 0 Å². The number of halogens is 2. The average Bonchev–Trinajstić information content (AvgIpc) is 2.54. The third kappa shape index (κ3) is 5.46. The molecule has 1 atom stereocenters. The highest BCUT2D eigenvalue weighted by Gasteiger charge is 2.17. The van der Waals surface area contributed by atoms with Crippen molar-refractivity contribution in [3.63, 3.8) is 0 Å². The predicted molar refractivity (Wildman–Crippen MR) is 106 cm³/mol. The van der Waals surface area contributed by atoms with E-state index < -0.39 is 0 Å². The summed E-state index contributed by atoms with van der Waals surface area (Å²) in [5.41, 5.74) is 3.20. The molecular formula is C19H22Cl2N3O2+. The fourth-order valence-corrected chi connectivity index (χ4v) is 3.10. The molecule has 0 heterocycles. The molecule has 0 aliphatic carbocycles. The number of likely N-dealkylation sites (N-methyl/N-ethyl adjacent to an activating group) is 1. The Morgan fingerprint density at radius 1 is 0.846 bits per heavy atom. The first-order chi connectivity index (χ1) is 12.3. The zero-order chi connectivity index (χ0) is 19.3. The summed E-state index contributed by atoms with van der Waals surface area (Å²) in [6.07, 6.45) is 0. The van der Waals surface area contributed by atoms with E-state index in [1.54, 1.807) is 25.2 Å². The minimum atomic E-state index is -0.266. The first kappa shape index (κ1) is 20.2. The van der Waals surface area contributed by atoms with Gasteiger partial charge in [-0.15, -0.1) is 0 Å². The number of anilines is 2. The van der Waals surface area contributed by atoms with Gasteiger partial charge in [-0.05, 0) is 37.1 Å². The topological polar surface area (TPSA) is 62.6 Å². The van der Waals surface area contributed by atoms with Crippen LogP contribution in [-0.4, -0.2) is 32.0 Å². The van der Waals surface area contributed by atoms with Crippen LogP contribution in [-0.2, 0) is 9.59 Å². The quantitative estimate of drug-likeness (QED) is 0.705. The Morgan fingerprint density at radius 3 is 1.77 bits per heavy atom. The molecule has 2 aromatic carbocycles. The van der Waals surface area contributed by atoms with Crippen LogP contribution in [0, 0.1) is 13.8 Å². The van der Waals surface area contributed by atoms with Gasteiger partial charge in [0.25, 0.3) is 11.8 Å². The van der Waals surface area contributed by atoms with Crippen molar-refractivity contribution in [3.05, 3.63) is 57.6 Å². The number of rotatable bonds is 6. The molecule has 1 unspecified atom stereocenters. The molecule has 0 saturated carbocycles. The summed E-state index contributed by atoms with van der Waals surface area (Å²) in [5.74, 6) is -0.416. The lowest BCUT2D eigenvalue weighted by atomic mass is 10.1. The molecule has 2 amide bonds. The molecule has 0 aromatic heterocycles. The number of carbonyl (C=O) groups excluding carboxylic acids is 2. The van der Waals surface area contributed by atoms with E-state index in [2.05, 4.69) is 10.6 Å². The van der Waals surface area contributed by atoms with E-state index in [-0.39, 0.29) is 24.9 Å². The van der Waals surface area contributed by atoms with Crippen molar-refractivity contribution in [2.45, 2.75) is 13.8 Å². The SMILES string of the molecule is Cc1cccc(C)c1NC(=O)C[NH+](C)CC(=O)Nc1c(Cl)cccc1Cl. The Labute approximate surface area is 163 Å². The average molecular weight is 395 g/mol. The van der Waals surface area contributed by atoms with E-state index in [0.717, 1.165) is 21.7 Å². The summed E-state index contributed by atoms with van der Waals surface area (Å²) >= 11 is 12.1. The molecule has 138 valence electrons. The van der Waals surface area contributed by atoms with Crippen LogP contribution >= 0.6 is 23.2 Å². The summed E-state index contributed by atoms with van der Waals surface area (Å²) in [6.45, 7) is 4.17. The summed E-state index contributed by atoms with van der Waals surface area (Å²) in [5, 5.41) is 6.36. The monoisotopic (exact) mass is 394 g/mol. The number of carbonyl (C=O) groups is 2. The largest absolute Gasteiger partial charge is 0.322 e. The first-order valence-corrected chi connectivity index (χ1v) is 8.94. The van der Waals surface area contributed by atoms with Gasteiger partial charge in [0.1, 0.15) is 0 Å². The second-order valence-corrected chi connectivity index (χ2v) is 7.08. The van der Waals surface area contributed by atoms with Crippen LogP contribution in [0.3, 0.4) is 0 Å². The third-order valence-electron chi connectivity index (χ3n) is 3.90. The van der Waals surface area contributed by atoms with Gasteiger partial charge in [0.2, 0.25) is 0 Å². The van der Waals surface area contributed by atoms with Crippen LogP contribution in [0.2, 0.25) is 10.0 Å². The summed E-state index contributed by atoms with van der Waals surface area (Å²) in [6, 6.07) is 10.8. The maximum atomic E-state index is 12.3. The van der Waals surface area contributed by atoms with Crippen molar-refractivity contribution in [2.24, 2.45) is 0 Å². The molecule has 2 aromatic rings. The highest BCUT2D eigenvalue weighted by Crippen LogP contribution is 2.29. The van der Waals surface area contributed by atoms with Gasteiger partial charge in [-0.3, -0.25) is 9.59 Å². The van der Waals surface area contributed by atoms with E-state index in [1.165, 1.54) is 0 Å². The maximum absolute atomic E-state index is 12.3. The van der Waals surface area contributed by atoms with Crippen molar-refractivity contribution in [1.82, 2.24) is 0 Å². The molecule has 0 radical (unpaired) electrons. The van der Waals surface area contributed by atoms with Gasteiger partial charge < -0.3 is 15.5 Å². The molecule has 26 heavy (non-hydrogen) atoms. The van der Waals surface area contributed by atoms with Gasteiger partial charge in [0, 0.05) is 5.69 Å². The van der Waals surface area contributed by atoms with Crippen LogP contribution in [0.1, 0.15) is 11.1 Å². The minimum absolute atomic E-state index is 0.113. The Bertz CT molecular complexity index is 716. The standard InChI is InChI=1S/C19H21Cl2N3O2/c1-12-6-4-7-13(2)18(12)22-16(25)10-24(3)11-17(26)23-19-14(20)8-5-9-15(19)21/h4-9H,10-11H2,1-3H3,(H,22,25)(H,23,26)/p+1. The van der Waals surface area contributed by atoms with Crippen molar-refractivity contribution in [2.75, 3.05) is 30.8 Å². The van der Waals surface area contributed by atoms with Crippen molar-refractivity contribution >= 4 is 46.4 Å². The fourth-order valence-electron chi connectivity index (χ4n) is 2.61. The normalized spacial score (nSPS) is 11.7. The summed E-state index contributed by atoms with van der Waals surface area (Å²) in [4.78, 5) is 25.2. The Balaban J connectivity index is 1.90. The van der Waals surface area contributed by atoms with E-state index in [4.69, 9.17) is 23.2 Å². The second-order valence-electron chi connectivity index (χ2n) is 6.27. The number of benzene rings is 2. The van der Waals surface area contributed by atoms with Gasteiger partial charge in [-0.25, -0.2) is 0 Å². The lowest BCUT2D eigenvalue weighted by Gasteiger charge is -2.16. The van der Waals surface area contributed by atoms with Gasteiger partial charge in [0.05, 0.1) is 22.8 Å². The smallest absolute Gasteiger partial charge is 0.279 e. The molecule has 0 bridgehead atoms. The number of hydrogen-bond acceptors (Lipinski definition) is 2. The maximum Gasteiger partial charge on any atom is 0.279 e. The number of nitrogens with one attached hydrogen (secondary N) is 3. The summed E-state index contributed by atoms with van der Waals surface area (Å²) in [7, 11) is 1.78. The molecule has 5 nitrogen and oxygen atoms in total. The Kier molecular flexibility index (Phi) is 7.03. The zero-order valence-electron chi connectivity index (χ0n) is 15.0. The highest BCUT2D eigenvalue weighted by atomic mass is 35.5. The van der Waals surface area contributed by atoms with Crippen LogP contribution < -0.4 is 15.5 Å². The molecule has 0 fully saturated rings. The predicted octanol–water partition coefficient (Wildman–Crippen LogP) is 2.70. The number of aryl methyl sites for hydroxylation is 2.